The van der Waals surface area contributed by atoms with E-state index >= 15 is 0 Å². The predicted molar refractivity (Wildman–Crippen MR) is 64.8 cm³/mol. The maximum Gasteiger partial charge on any atom is 0.0342 e. The quantitative estimate of drug-likeness (QED) is 0.636. The first-order valence-corrected chi connectivity index (χ1v) is 5.86. The number of hydrogen-bond donors (Lipinski definition) is 0. The Morgan fingerprint density at radius 3 is 2.50 bits per heavy atom. The monoisotopic (exact) mass is 204 g/mol. The summed E-state index contributed by atoms with van der Waals surface area (Å²) in [5, 5.41) is 0. The van der Waals surface area contributed by atoms with Crippen LogP contribution in [-0.4, -0.2) is 0 Å². The predicted octanol–water partition coefficient (Wildman–Crippen LogP) is 4.39. The van der Waals surface area contributed by atoms with Crippen LogP contribution in [0.5, 0.6) is 0 Å². The summed E-state index contributed by atoms with van der Waals surface area (Å²) in [6.07, 6.45) is 7.82. The zero-order valence-corrected chi connectivity index (χ0v) is 9.82. The van der Waals surface area contributed by atoms with E-state index in [0.29, 0.717) is 0 Å². The van der Waals surface area contributed by atoms with E-state index in [-0.39, 0.29) is 5.41 Å². The van der Waals surface area contributed by atoms with Gasteiger partial charge in [-0.15, -0.1) is 11.3 Å². The first-order chi connectivity index (χ1) is 6.57. The molecule has 0 aromatic carbocycles. The zero-order chi connectivity index (χ0) is 10.2. The molecule has 0 saturated carbocycles. The Bertz CT molecular complexity index is 386. The van der Waals surface area contributed by atoms with Crippen LogP contribution in [0.3, 0.4) is 0 Å². The average molecular weight is 204 g/mol. The molecule has 0 nitrogen and oxygen atoms in total. The van der Waals surface area contributed by atoms with Crippen molar-refractivity contribution in [1.82, 2.24) is 0 Å². The van der Waals surface area contributed by atoms with Gasteiger partial charge >= 0.3 is 0 Å². The standard InChI is InChI=1S/C13H16S/c1-13(2,3)12-9-8-11(14-12)10-6-4-5-7-10/h4,6-9H,5H2,1-3H3. The van der Waals surface area contributed by atoms with Crippen molar-refractivity contribution >= 4 is 16.9 Å². The fourth-order valence-electron chi connectivity index (χ4n) is 1.54. The Kier molecular flexibility index (Phi) is 2.36. The molecule has 1 aromatic heterocycles. The summed E-state index contributed by atoms with van der Waals surface area (Å²) in [7, 11) is 0. The van der Waals surface area contributed by atoms with Crippen molar-refractivity contribution in [1.29, 1.82) is 0 Å². The van der Waals surface area contributed by atoms with E-state index in [1.165, 1.54) is 15.3 Å². The molecular formula is C13H16S. The lowest BCUT2D eigenvalue weighted by atomic mass is 9.95. The maximum atomic E-state index is 2.29. The number of thiophene rings is 1. The molecule has 2 rings (SSSR count). The van der Waals surface area contributed by atoms with Crippen molar-refractivity contribution < 1.29 is 0 Å². The van der Waals surface area contributed by atoms with E-state index < -0.39 is 0 Å². The van der Waals surface area contributed by atoms with Gasteiger partial charge in [0, 0.05) is 9.75 Å². The Balaban J connectivity index is 2.30. The second kappa shape index (κ2) is 3.39. The van der Waals surface area contributed by atoms with Gasteiger partial charge < -0.3 is 0 Å². The Labute approximate surface area is 90.0 Å². The van der Waals surface area contributed by atoms with Crippen LogP contribution in [0.2, 0.25) is 0 Å². The highest BCUT2D eigenvalue weighted by molar-refractivity contribution is 7.13. The van der Waals surface area contributed by atoms with E-state index in [2.05, 4.69) is 51.1 Å². The van der Waals surface area contributed by atoms with Gasteiger partial charge in [0.15, 0.2) is 0 Å². The van der Waals surface area contributed by atoms with Gasteiger partial charge in [-0.2, -0.15) is 0 Å². The van der Waals surface area contributed by atoms with E-state index in [4.69, 9.17) is 0 Å². The van der Waals surface area contributed by atoms with Crippen LogP contribution in [0, 0.1) is 0 Å². The van der Waals surface area contributed by atoms with Gasteiger partial charge in [-0.25, -0.2) is 0 Å². The summed E-state index contributed by atoms with van der Waals surface area (Å²) >= 11 is 1.92. The summed E-state index contributed by atoms with van der Waals surface area (Å²) in [6, 6.07) is 4.50. The molecule has 0 amide bonds. The largest absolute Gasteiger partial charge is 0.140 e. The maximum absolute atomic E-state index is 2.29. The highest BCUT2D eigenvalue weighted by atomic mass is 32.1. The second-order valence-electron chi connectivity index (χ2n) is 4.71. The van der Waals surface area contributed by atoms with E-state index in [1.807, 2.05) is 11.3 Å². The minimum absolute atomic E-state index is 0.284. The summed E-state index contributed by atoms with van der Waals surface area (Å²) in [5.74, 6) is 0. The SMILES string of the molecule is CC(C)(C)c1ccc(C2=CCC=C2)s1. The third kappa shape index (κ3) is 1.83. The smallest absolute Gasteiger partial charge is 0.0342 e. The molecule has 0 fully saturated rings. The minimum atomic E-state index is 0.284. The van der Waals surface area contributed by atoms with E-state index in [9.17, 15) is 0 Å². The van der Waals surface area contributed by atoms with Crippen molar-refractivity contribution in [3.63, 3.8) is 0 Å². The molecule has 0 aliphatic heterocycles. The van der Waals surface area contributed by atoms with Gasteiger partial charge in [0.25, 0.3) is 0 Å². The van der Waals surface area contributed by atoms with Gasteiger partial charge in [0.05, 0.1) is 0 Å². The average Bonchev–Trinajstić information content (AvgIpc) is 2.73. The molecule has 0 saturated heterocycles. The van der Waals surface area contributed by atoms with Crippen LogP contribution in [0.4, 0.5) is 0 Å². The van der Waals surface area contributed by atoms with Crippen molar-refractivity contribution in [3.8, 4) is 0 Å². The van der Waals surface area contributed by atoms with Crippen LogP contribution >= 0.6 is 11.3 Å². The number of rotatable bonds is 1. The van der Waals surface area contributed by atoms with Crippen LogP contribution in [0.1, 0.15) is 36.9 Å². The molecular weight excluding hydrogens is 188 g/mol. The van der Waals surface area contributed by atoms with E-state index in [0.717, 1.165) is 6.42 Å². The van der Waals surface area contributed by atoms with Gasteiger partial charge in [-0.05, 0) is 29.5 Å². The molecule has 1 aromatic rings. The molecule has 0 N–H and O–H groups in total. The van der Waals surface area contributed by atoms with Gasteiger partial charge in [0.1, 0.15) is 0 Å². The highest BCUT2D eigenvalue weighted by Gasteiger charge is 2.16. The summed E-state index contributed by atoms with van der Waals surface area (Å²) in [5.41, 5.74) is 1.68. The normalized spacial score (nSPS) is 16.1. The zero-order valence-electron chi connectivity index (χ0n) is 9.00. The van der Waals surface area contributed by atoms with Crippen LogP contribution in [0.25, 0.3) is 5.57 Å². The summed E-state index contributed by atoms with van der Waals surface area (Å²) in [4.78, 5) is 2.87. The Morgan fingerprint density at radius 2 is 2.00 bits per heavy atom. The fraction of sp³-hybridized carbons (Fsp3) is 0.385. The summed E-state index contributed by atoms with van der Waals surface area (Å²) < 4.78 is 0. The van der Waals surface area contributed by atoms with Gasteiger partial charge in [0.2, 0.25) is 0 Å². The molecule has 14 heavy (non-hydrogen) atoms. The number of allylic oxidation sites excluding steroid dienone is 4. The molecule has 0 radical (unpaired) electrons. The van der Waals surface area contributed by atoms with Gasteiger partial charge in [-0.3, -0.25) is 0 Å². The number of hydrogen-bond acceptors (Lipinski definition) is 1. The molecule has 0 bridgehead atoms. The lowest BCUT2D eigenvalue weighted by molar-refractivity contribution is 0.604. The fourth-order valence-corrected chi connectivity index (χ4v) is 2.62. The molecule has 1 aliphatic carbocycles. The van der Waals surface area contributed by atoms with Gasteiger partial charge in [-0.1, -0.05) is 39.0 Å². The van der Waals surface area contributed by atoms with Crippen molar-refractivity contribution in [3.05, 3.63) is 40.1 Å². The van der Waals surface area contributed by atoms with Crippen LogP contribution in [0.15, 0.2) is 30.4 Å². The first kappa shape index (κ1) is 9.72. The Morgan fingerprint density at radius 1 is 1.21 bits per heavy atom. The molecule has 1 aliphatic rings. The van der Waals surface area contributed by atoms with Crippen LogP contribution < -0.4 is 0 Å². The molecule has 1 heterocycles. The summed E-state index contributed by atoms with van der Waals surface area (Å²) in [6.45, 7) is 6.80. The lowest BCUT2D eigenvalue weighted by Crippen LogP contribution is -2.07. The topological polar surface area (TPSA) is 0 Å². The second-order valence-corrected chi connectivity index (χ2v) is 5.80. The highest BCUT2D eigenvalue weighted by Crippen LogP contribution is 2.34. The molecule has 0 spiro atoms. The first-order valence-electron chi connectivity index (χ1n) is 5.05. The molecule has 74 valence electrons. The molecule has 1 heteroatoms. The van der Waals surface area contributed by atoms with Crippen molar-refractivity contribution in [2.24, 2.45) is 0 Å². The molecule has 0 unspecified atom stereocenters. The third-order valence-corrected chi connectivity index (χ3v) is 3.96. The lowest BCUT2D eigenvalue weighted by Gasteiger charge is -2.15. The Hall–Kier alpha value is -0.820. The van der Waals surface area contributed by atoms with Crippen molar-refractivity contribution in [2.75, 3.05) is 0 Å². The van der Waals surface area contributed by atoms with Crippen LogP contribution in [-0.2, 0) is 5.41 Å². The van der Waals surface area contributed by atoms with E-state index in [1.54, 1.807) is 0 Å². The molecule has 0 atom stereocenters. The minimum Gasteiger partial charge on any atom is -0.140 e. The third-order valence-electron chi connectivity index (χ3n) is 2.40. The van der Waals surface area contributed by atoms with Crippen molar-refractivity contribution in [2.45, 2.75) is 32.6 Å².